The normalized spacial score (nSPS) is 11.4. The molecule has 1 aromatic heterocycles. The highest BCUT2D eigenvalue weighted by Crippen LogP contribution is 2.35. The third-order valence-corrected chi connectivity index (χ3v) is 4.73. The van der Waals surface area contributed by atoms with E-state index in [1.54, 1.807) is 70.5 Å². The summed E-state index contributed by atoms with van der Waals surface area (Å²) in [6, 6.07) is 11.9. The molecule has 2 aromatic carbocycles. The number of methoxy groups -OCH3 is 2. The molecule has 0 bridgehead atoms. The first-order valence-electron chi connectivity index (χ1n) is 8.78. The average molecular weight is 382 g/mol. The number of carboxylic acid groups (broad SMARTS) is 1. The number of benzene rings is 2. The molecule has 6 nitrogen and oxygen atoms in total. The maximum absolute atomic E-state index is 13.3. The number of furan rings is 1. The molecule has 6 heteroatoms. The van der Waals surface area contributed by atoms with Gasteiger partial charge in [0.2, 0.25) is 0 Å². The first kappa shape index (κ1) is 19.5. The Kier molecular flexibility index (Phi) is 5.14. The molecule has 3 rings (SSSR count). The predicted molar refractivity (Wildman–Crippen MR) is 104 cm³/mol. The smallest absolute Gasteiger partial charge is 0.309 e. The van der Waals surface area contributed by atoms with Crippen molar-refractivity contribution in [3.8, 4) is 11.5 Å². The third-order valence-electron chi connectivity index (χ3n) is 4.73. The van der Waals surface area contributed by atoms with Gasteiger partial charge in [-0.1, -0.05) is 0 Å². The van der Waals surface area contributed by atoms with Crippen LogP contribution in [0, 0.1) is 5.41 Å². The molecule has 0 spiro atoms. The van der Waals surface area contributed by atoms with Crippen molar-refractivity contribution >= 4 is 22.7 Å². The zero-order valence-electron chi connectivity index (χ0n) is 16.2. The molecule has 0 radical (unpaired) electrons. The van der Waals surface area contributed by atoms with Crippen molar-refractivity contribution in [3.05, 3.63) is 59.4 Å². The van der Waals surface area contributed by atoms with E-state index in [9.17, 15) is 14.7 Å². The van der Waals surface area contributed by atoms with E-state index in [-0.39, 0.29) is 12.2 Å². The molecular formula is C22H22O6. The standard InChI is InChI=1S/C22H22O6/c1-22(2,21(24)25)12-18-19(16-11-15(27-4)9-10-17(16)28-18)20(23)13-5-7-14(26-3)8-6-13/h5-11H,12H2,1-4H3,(H,24,25). The Hall–Kier alpha value is -3.28. The summed E-state index contributed by atoms with van der Waals surface area (Å²) >= 11 is 0. The summed E-state index contributed by atoms with van der Waals surface area (Å²) in [6.07, 6.45) is 0.0799. The summed E-state index contributed by atoms with van der Waals surface area (Å²) in [7, 11) is 3.10. The molecule has 0 aliphatic carbocycles. The van der Waals surface area contributed by atoms with Gasteiger partial charge in [0.1, 0.15) is 22.8 Å². The molecule has 1 heterocycles. The minimum atomic E-state index is -1.09. The van der Waals surface area contributed by atoms with Crippen LogP contribution in [0.15, 0.2) is 46.9 Å². The first-order chi connectivity index (χ1) is 13.3. The van der Waals surface area contributed by atoms with Crippen molar-refractivity contribution in [2.45, 2.75) is 20.3 Å². The summed E-state index contributed by atoms with van der Waals surface area (Å²) in [6.45, 7) is 3.20. The van der Waals surface area contributed by atoms with Crippen LogP contribution in [0.1, 0.15) is 35.5 Å². The third kappa shape index (κ3) is 3.58. The van der Waals surface area contributed by atoms with E-state index in [2.05, 4.69) is 0 Å². The number of hydrogen-bond acceptors (Lipinski definition) is 5. The fourth-order valence-corrected chi connectivity index (χ4v) is 2.99. The summed E-state index contributed by atoms with van der Waals surface area (Å²) in [5.74, 6) is 0.360. The molecule has 0 aliphatic heterocycles. The fourth-order valence-electron chi connectivity index (χ4n) is 2.99. The lowest BCUT2D eigenvalue weighted by Crippen LogP contribution is -2.26. The van der Waals surface area contributed by atoms with Crippen LogP contribution in [-0.4, -0.2) is 31.1 Å². The summed E-state index contributed by atoms with van der Waals surface area (Å²) in [5, 5.41) is 10.1. The number of carbonyl (C=O) groups excluding carboxylic acids is 1. The van der Waals surface area contributed by atoms with Gasteiger partial charge in [0.25, 0.3) is 0 Å². The van der Waals surface area contributed by atoms with Crippen molar-refractivity contribution in [1.82, 2.24) is 0 Å². The number of hydrogen-bond donors (Lipinski definition) is 1. The predicted octanol–water partition coefficient (Wildman–Crippen LogP) is 4.33. The number of ketones is 1. The van der Waals surface area contributed by atoms with Gasteiger partial charge in [0, 0.05) is 17.4 Å². The van der Waals surface area contributed by atoms with Crippen molar-refractivity contribution in [2.24, 2.45) is 5.41 Å². The van der Waals surface area contributed by atoms with Gasteiger partial charge in [0.15, 0.2) is 5.78 Å². The minimum absolute atomic E-state index is 0.0799. The Bertz CT molecular complexity index is 1030. The monoisotopic (exact) mass is 382 g/mol. The zero-order valence-corrected chi connectivity index (χ0v) is 16.2. The SMILES string of the molecule is COc1ccc(C(=O)c2c(CC(C)(C)C(=O)O)oc3ccc(OC)cc23)cc1. The van der Waals surface area contributed by atoms with Crippen molar-refractivity contribution in [2.75, 3.05) is 14.2 Å². The van der Waals surface area contributed by atoms with Gasteiger partial charge in [0.05, 0.1) is 25.2 Å². The molecule has 0 amide bonds. The Morgan fingerprint density at radius 1 is 1.00 bits per heavy atom. The maximum Gasteiger partial charge on any atom is 0.309 e. The van der Waals surface area contributed by atoms with E-state index in [0.717, 1.165) is 0 Å². The highest BCUT2D eigenvalue weighted by molar-refractivity contribution is 6.17. The van der Waals surface area contributed by atoms with Crippen molar-refractivity contribution < 1.29 is 28.6 Å². The van der Waals surface area contributed by atoms with Gasteiger partial charge in [-0.2, -0.15) is 0 Å². The number of carbonyl (C=O) groups is 2. The van der Waals surface area contributed by atoms with Crippen LogP contribution in [0.5, 0.6) is 11.5 Å². The van der Waals surface area contributed by atoms with Crippen LogP contribution < -0.4 is 9.47 Å². The average Bonchev–Trinajstić information content (AvgIpc) is 3.03. The molecule has 0 fully saturated rings. The number of fused-ring (bicyclic) bond motifs is 1. The van der Waals surface area contributed by atoms with Crippen LogP contribution in [0.2, 0.25) is 0 Å². The van der Waals surface area contributed by atoms with E-state index in [1.165, 1.54) is 0 Å². The number of aliphatic carboxylic acids is 1. The Morgan fingerprint density at radius 2 is 1.61 bits per heavy atom. The molecular weight excluding hydrogens is 360 g/mol. The largest absolute Gasteiger partial charge is 0.497 e. The zero-order chi connectivity index (χ0) is 20.5. The second-order valence-corrected chi connectivity index (χ2v) is 7.19. The van der Waals surface area contributed by atoms with Gasteiger partial charge in [-0.25, -0.2) is 0 Å². The van der Waals surface area contributed by atoms with Crippen molar-refractivity contribution in [3.63, 3.8) is 0 Å². The van der Waals surface area contributed by atoms with Gasteiger partial charge in [-0.15, -0.1) is 0 Å². The second-order valence-electron chi connectivity index (χ2n) is 7.19. The molecule has 0 saturated carbocycles. The van der Waals surface area contributed by atoms with Gasteiger partial charge in [-0.3, -0.25) is 9.59 Å². The summed E-state index contributed by atoms with van der Waals surface area (Å²) in [4.78, 5) is 24.9. The lowest BCUT2D eigenvalue weighted by atomic mass is 9.86. The number of rotatable bonds is 7. The Labute approximate surface area is 162 Å². The molecule has 1 N–H and O–H groups in total. The van der Waals surface area contributed by atoms with Gasteiger partial charge >= 0.3 is 5.97 Å². The van der Waals surface area contributed by atoms with E-state index >= 15 is 0 Å². The Balaban J connectivity index is 2.17. The van der Waals surface area contributed by atoms with E-state index in [0.29, 0.717) is 39.4 Å². The number of ether oxygens (including phenoxy) is 2. The molecule has 0 saturated heterocycles. The molecule has 28 heavy (non-hydrogen) atoms. The number of carboxylic acids is 1. The molecule has 3 aromatic rings. The topological polar surface area (TPSA) is 86.0 Å². The van der Waals surface area contributed by atoms with E-state index < -0.39 is 11.4 Å². The van der Waals surface area contributed by atoms with E-state index in [4.69, 9.17) is 13.9 Å². The Morgan fingerprint density at radius 3 is 2.18 bits per heavy atom. The highest BCUT2D eigenvalue weighted by atomic mass is 16.5. The van der Waals surface area contributed by atoms with E-state index in [1.807, 2.05) is 0 Å². The van der Waals surface area contributed by atoms with Crippen molar-refractivity contribution in [1.29, 1.82) is 0 Å². The fraction of sp³-hybridized carbons (Fsp3) is 0.273. The van der Waals surface area contributed by atoms with Crippen LogP contribution in [-0.2, 0) is 11.2 Å². The van der Waals surface area contributed by atoms with Crippen LogP contribution >= 0.6 is 0 Å². The van der Waals surface area contributed by atoms with Gasteiger partial charge in [-0.05, 0) is 56.3 Å². The molecule has 0 unspecified atom stereocenters. The minimum Gasteiger partial charge on any atom is -0.497 e. The second kappa shape index (κ2) is 7.38. The maximum atomic E-state index is 13.3. The quantitative estimate of drug-likeness (QED) is 0.612. The lowest BCUT2D eigenvalue weighted by Gasteiger charge is -2.18. The molecule has 146 valence electrons. The van der Waals surface area contributed by atoms with Gasteiger partial charge < -0.3 is 19.0 Å². The van der Waals surface area contributed by atoms with Crippen LogP contribution in [0.4, 0.5) is 0 Å². The lowest BCUT2D eigenvalue weighted by molar-refractivity contribution is -0.147. The van der Waals surface area contributed by atoms with Crippen LogP contribution in [0.25, 0.3) is 11.0 Å². The molecule has 0 aliphatic rings. The highest BCUT2D eigenvalue weighted by Gasteiger charge is 2.33. The van der Waals surface area contributed by atoms with Crippen LogP contribution in [0.3, 0.4) is 0 Å². The summed E-state index contributed by atoms with van der Waals surface area (Å²) in [5.41, 5.74) is 0.232. The first-order valence-corrected chi connectivity index (χ1v) is 8.78. The summed E-state index contributed by atoms with van der Waals surface area (Å²) < 4.78 is 16.3. The molecule has 0 atom stereocenters.